The maximum Gasteiger partial charge on any atom is 0.346 e. The van der Waals surface area contributed by atoms with Crippen LogP contribution in [-0.2, 0) is 0 Å². The van der Waals surface area contributed by atoms with Crippen LogP contribution in [0.15, 0.2) is 30.3 Å². The largest absolute Gasteiger partial charge is 0.487 e. The molecule has 0 amide bonds. The van der Waals surface area contributed by atoms with Crippen molar-refractivity contribution in [2.45, 2.75) is 90.4 Å². The number of hydrogen-bond acceptors (Lipinski definition) is 4. The lowest BCUT2D eigenvalue weighted by molar-refractivity contribution is 0.0727. The Kier molecular flexibility index (Phi) is 12.0. The number of rotatable bonds is 14. The van der Waals surface area contributed by atoms with Gasteiger partial charge in [-0.15, -0.1) is 0 Å². The molecule has 0 saturated heterocycles. The maximum absolute atomic E-state index is 14.6. The van der Waals surface area contributed by atoms with Crippen LogP contribution in [0.2, 0.25) is 0 Å². The van der Waals surface area contributed by atoms with E-state index in [0.29, 0.717) is 17.5 Å². The molecule has 0 aromatic heterocycles. The van der Waals surface area contributed by atoms with Crippen molar-refractivity contribution in [2.24, 2.45) is 11.8 Å². The standard InChI is InChI=1S/C31H38F3NO3/c1-2-3-4-5-6-7-8-9-10-22-11-13-24(14-12-22)21-37-30-27(32)19-26(28(33)29(30)34)31(36)38-25-17-15-23(20-35)16-18-25/h15-19,22,24H,2-14,21H2,1H3. The molecule has 206 valence electrons. The summed E-state index contributed by atoms with van der Waals surface area (Å²) in [5.41, 5.74) is -0.523. The van der Waals surface area contributed by atoms with E-state index in [1.807, 2.05) is 6.07 Å². The summed E-state index contributed by atoms with van der Waals surface area (Å²) in [6, 6.07) is 7.99. The second kappa shape index (κ2) is 15.4. The summed E-state index contributed by atoms with van der Waals surface area (Å²) in [7, 11) is 0. The number of carbonyl (C=O) groups is 1. The topological polar surface area (TPSA) is 59.3 Å². The van der Waals surface area contributed by atoms with E-state index in [1.165, 1.54) is 82.1 Å². The van der Waals surface area contributed by atoms with Crippen molar-refractivity contribution >= 4 is 5.97 Å². The average molecular weight is 530 g/mol. The van der Waals surface area contributed by atoms with E-state index in [2.05, 4.69) is 6.92 Å². The quantitative estimate of drug-likeness (QED) is 0.106. The van der Waals surface area contributed by atoms with Gasteiger partial charge in [0.1, 0.15) is 11.3 Å². The molecule has 0 heterocycles. The van der Waals surface area contributed by atoms with E-state index in [9.17, 15) is 18.0 Å². The van der Waals surface area contributed by atoms with Crippen LogP contribution in [0.4, 0.5) is 13.2 Å². The van der Waals surface area contributed by atoms with Gasteiger partial charge >= 0.3 is 5.97 Å². The lowest BCUT2D eigenvalue weighted by Crippen LogP contribution is -2.21. The minimum Gasteiger partial charge on any atom is -0.487 e. The Hall–Kier alpha value is -3.01. The van der Waals surface area contributed by atoms with Gasteiger partial charge in [0.2, 0.25) is 5.82 Å². The average Bonchev–Trinajstić information content (AvgIpc) is 2.93. The monoisotopic (exact) mass is 529 g/mol. The van der Waals surface area contributed by atoms with Crippen LogP contribution in [0.3, 0.4) is 0 Å². The fourth-order valence-corrected chi connectivity index (χ4v) is 5.07. The SMILES string of the molecule is CCCCCCCCCCC1CCC(COc2c(F)cc(C(=O)Oc3ccc(C#N)cc3)c(F)c2F)CC1. The van der Waals surface area contributed by atoms with Crippen LogP contribution in [0, 0.1) is 40.6 Å². The summed E-state index contributed by atoms with van der Waals surface area (Å²) in [6.45, 7) is 2.34. The number of unbranched alkanes of at least 4 members (excludes halogenated alkanes) is 7. The first-order valence-electron chi connectivity index (χ1n) is 14.0. The third kappa shape index (κ3) is 8.79. The van der Waals surface area contributed by atoms with E-state index in [1.54, 1.807) is 0 Å². The Morgan fingerprint density at radius 3 is 2.13 bits per heavy atom. The van der Waals surface area contributed by atoms with Crippen LogP contribution < -0.4 is 9.47 Å². The Balaban J connectivity index is 1.43. The van der Waals surface area contributed by atoms with Crippen molar-refractivity contribution in [1.82, 2.24) is 0 Å². The lowest BCUT2D eigenvalue weighted by Gasteiger charge is -2.28. The molecule has 0 spiro atoms. The molecule has 1 saturated carbocycles. The predicted molar refractivity (Wildman–Crippen MR) is 141 cm³/mol. The summed E-state index contributed by atoms with van der Waals surface area (Å²) in [4.78, 5) is 12.3. The van der Waals surface area contributed by atoms with Gasteiger partial charge in [-0.1, -0.05) is 77.6 Å². The van der Waals surface area contributed by atoms with Gasteiger partial charge in [-0.25, -0.2) is 13.6 Å². The highest BCUT2D eigenvalue weighted by molar-refractivity contribution is 5.91. The minimum absolute atomic E-state index is 0.0209. The summed E-state index contributed by atoms with van der Waals surface area (Å²) in [6.07, 6.45) is 15.7. The van der Waals surface area contributed by atoms with Crippen LogP contribution in [0.5, 0.6) is 11.5 Å². The minimum atomic E-state index is -1.54. The molecule has 1 aliphatic carbocycles. The zero-order chi connectivity index (χ0) is 27.3. The number of halogens is 3. The second-order valence-electron chi connectivity index (χ2n) is 10.4. The first kappa shape index (κ1) is 29.5. The summed E-state index contributed by atoms with van der Waals surface area (Å²) in [5.74, 6) is -5.39. The molecule has 1 aliphatic rings. The lowest BCUT2D eigenvalue weighted by atomic mass is 9.80. The van der Waals surface area contributed by atoms with Crippen molar-refractivity contribution in [3.63, 3.8) is 0 Å². The molecule has 2 aromatic rings. The number of carbonyl (C=O) groups excluding carboxylic acids is 1. The molecule has 4 nitrogen and oxygen atoms in total. The maximum atomic E-state index is 14.6. The second-order valence-corrected chi connectivity index (χ2v) is 10.4. The van der Waals surface area contributed by atoms with Crippen molar-refractivity contribution in [2.75, 3.05) is 6.61 Å². The van der Waals surface area contributed by atoms with Gasteiger partial charge < -0.3 is 9.47 Å². The van der Waals surface area contributed by atoms with Crippen molar-refractivity contribution < 1.29 is 27.4 Å². The van der Waals surface area contributed by atoms with E-state index in [0.717, 1.165) is 25.7 Å². The third-order valence-electron chi connectivity index (χ3n) is 7.43. The summed E-state index contributed by atoms with van der Waals surface area (Å²) in [5, 5.41) is 8.82. The molecule has 7 heteroatoms. The highest BCUT2D eigenvalue weighted by Gasteiger charge is 2.27. The zero-order valence-electron chi connectivity index (χ0n) is 22.2. The molecule has 1 fully saturated rings. The van der Waals surface area contributed by atoms with Crippen LogP contribution in [0.25, 0.3) is 0 Å². The Labute approximate surface area is 224 Å². The normalized spacial score (nSPS) is 17.1. The molecule has 38 heavy (non-hydrogen) atoms. The number of ether oxygens (including phenoxy) is 2. The van der Waals surface area contributed by atoms with E-state index in [4.69, 9.17) is 14.7 Å². The molecule has 0 radical (unpaired) electrons. The first-order valence-corrected chi connectivity index (χ1v) is 14.0. The summed E-state index contributed by atoms with van der Waals surface area (Å²) >= 11 is 0. The van der Waals surface area contributed by atoms with Gasteiger partial charge in [-0.2, -0.15) is 9.65 Å². The number of nitriles is 1. The van der Waals surface area contributed by atoms with E-state index >= 15 is 0 Å². The molecule has 0 N–H and O–H groups in total. The number of hydrogen-bond donors (Lipinski definition) is 0. The van der Waals surface area contributed by atoms with Gasteiger partial charge in [-0.05, 0) is 55.0 Å². The third-order valence-corrected chi connectivity index (χ3v) is 7.43. The van der Waals surface area contributed by atoms with Gasteiger partial charge in [0.05, 0.1) is 18.2 Å². The molecule has 3 rings (SSSR count). The molecular formula is C31H38F3NO3. The Bertz CT molecular complexity index is 1070. The molecule has 0 atom stereocenters. The van der Waals surface area contributed by atoms with Crippen molar-refractivity contribution in [3.05, 3.63) is 58.9 Å². The number of benzene rings is 2. The van der Waals surface area contributed by atoms with Gasteiger partial charge in [0, 0.05) is 0 Å². The van der Waals surface area contributed by atoms with Gasteiger partial charge in [0.25, 0.3) is 0 Å². The molecule has 2 aromatic carbocycles. The fraction of sp³-hybridized carbons (Fsp3) is 0.548. The van der Waals surface area contributed by atoms with Crippen LogP contribution in [0.1, 0.15) is 106 Å². The van der Waals surface area contributed by atoms with Crippen LogP contribution >= 0.6 is 0 Å². The molecule has 0 aliphatic heterocycles. The van der Waals surface area contributed by atoms with Crippen molar-refractivity contribution in [3.8, 4) is 17.6 Å². The number of esters is 1. The Morgan fingerprint density at radius 1 is 0.895 bits per heavy atom. The zero-order valence-corrected chi connectivity index (χ0v) is 22.2. The van der Waals surface area contributed by atoms with Crippen molar-refractivity contribution in [1.29, 1.82) is 5.26 Å². The molecular weight excluding hydrogens is 491 g/mol. The highest BCUT2D eigenvalue weighted by Crippen LogP contribution is 2.34. The Morgan fingerprint density at radius 2 is 1.50 bits per heavy atom. The smallest absolute Gasteiger partial charge is 0.346 e. The van der Waals surface area contributed by atoms with E-state index < -0.39 is 34.7 Å². The molecule has 0 unspecified atom stereocenters. The first-order chi connectivity index (χ1) is 18.4. The summed E-state index contributed by atoms with van der Waals surface area (Å²) < 4.78 is 54.3. The fourth-order valence-electron chi connectivity index (χ4n) is 5.07. The number of nitrogens with zero attached hydrogens (tertiary/aromatic N) is 1. The van der Waals surface area contributed by atoms with E-state index in [-0.39, 0.29) is 18.3 Å². The highest BCUT2D eigenvalue weighted by atomic mass is 19.2. The molecule has 0 bridgehead atoms. The van der Waals surface area contributed by atoms with Gasteiger partial charge in [0.15, 0.2) is 17.4 Å². The van der Waals surface area contributed by atoms with Crippen LogP contribution in [-0.4, -0.2) is 12.6 Å². The predicted octanol–water partition coefficient (Wildman–Crippen LogP) is 8.91. The van der Waals surface area contributed by atoms with Gasteiger partial charge in [-0.3, -0.25) is 0 Å².